The minimum absolute atomic E-state index is 0.262. The van der Waals surface area contributed by atoms with Gasteiger partial charge in [-0.05, 0) is 56.9 Å². The van der Waals surface area contributed by atoms with Crippen molar-refractivity contribution in [2.45, 2.75) is 44.2 Å². The zero-order valence-corrected chi connectivity index (χ0v) is 18.8. The smallest absolute Gasteiger partial charge is 0.247 e. The summed E-state index contributed by atoms with van der Waals surface area (Å²) in [4.78, 5) is 8.90. The number of fused-ring (bicyclic) bond motifs is 1. The molecule has 1 fully saturated rings. The molecule has 3 N–H and O–H groups in total. The van der Waals surface area contributed by atoms with Crippen molar-refractivity contribution in [2.75, 3.05) is 10.6 Å². The van der Waals surface area contributed by atoms with Gasteiger partial charge in [0.15, 0.2) is 5.82 Å². The summed E-state index contributed by atoms with van der Waals surface area (Å²) in [7, 11) is 1.95. The zero-order valence-electron chi connectivity index (χ0n) is 18.1. The minimum Gasteiger partial charge on any atom is -0.390 e. The van der Waals surface area contributed by atoms with Crippen molar-refractivity contribution < 1.29 is 5.11 Å². The van der Waals surface area contributed by atoms with Crippen LogP contribution < -0.4 is 10.6 Å². The molecule has 1 aliphatic carbocycles. The summed E-state index contributed by atoms with van der Waals surface area (Å²) in [6.07, 6.45) is 8.81. The van der Waals surface area contributed by atoms with Gasteiger partial charge in [-0.2, -0.15) is 4.98 Å². The molecular formula is C23H26ClN7O. The maximum absolute atomic E-state index is 10.2. The topological polar surface area (TPSA) is 92.3 Å². The highest BCUT2D eigenvalue weighted by Crippen LogP contribution is 2.32. The highest BCUT2D eigenvalue weighted by molar-refractivity contribution is 6.33. The normalized spacial score (nSPS) is 21.1. The predicted molar refractivity (Wildman–Crippen MR) is 126 cm³/mol. The van der Waals surface area contributed by atoms with Crippen LogP contribution in [0.5, 0.6) is 0 Å². The van der Waals surface area contributed by atoms with Crippen molar-refractivity contribution >= 4 is 34.6 Å². The van der Waals surface area contributed by atoms with Crippen LogP contribution >= 0.6 is 11.6 Å². The largest absolute Gasteiger partial charge is 0.390 e. The van der Waals surface area contributed by atoms with E-state index in [4.69, 9.17) is 16.6 Å². The number of nitrogens with zero attached hydrogens (tertiary/aromatic N) is 5. The standard InChI is InChI=1S/C23H26ClN7O/c1-23(32)9-7-16(8-10-23)26-21-19-4-3-11-31(19)29-22(28-21)27-18-6-5-15(12-17(18)24)20-13-25-14-30(20)2/h3-6,11-14,16,32H,7-10H2,1-2H3,(H2,26,27,28,29)/t16-,23-. The number of hydrogen-bond acceptors (Lipinski definition) is 6. The van der Waals surface area contributed by atoms with Crippen LogP contribution in [0.1, 0.15) is 32.6 Å². The highest BCUT2D eigenvalue weighted by atomic mass is 35.5. The third-order valence-electron chi connectivity index (χ3n) is 6.12. The summed E-state index contributed by atoms with van der Waals surface area (Å²) >= 11 is 6.57. The average molecular weight is 452 g/mol. The van der Waals surface area contributed by atoms with E-state index in [9.17, 15) is 5.11 Å². The number of aryl methyl sites for hydroxylation is 1. The maximum atomic E-state index is 10.2. The van der Waals surface area contributed by atoms with Crippen LogP contribution in [0.15, 0.2) is 49.1 Å². The van der Waals surface area contributed by atoms with Crippen LogP contribution in [0.4, 0.5) is 17.5 Å². The Kier molecular flexibility index (Phi) is 5.27. The van der Waals surface area contributed by atoms with Gasteiger partial charge in [0.25, 0.3) is 0 Å². The lowest BCUT2D eigenvalue weighted by Gasteiger charge is -2.33. The summed E-state index contributed by atoms with van der Waals surface area (Å²) in [5, 5.41) is 22.2. The molecular weight excluding hydrogens is 426 g/mol. The summed E-state index contributed by atoms with van der Waals surface area (Å²) in [6.45, 7) is 1.91. The quantitative estimate of drug-likeness (QED) is 0.409. The second-order valence-corrected chi connectivity index (χ2v) is 9.15. The van der Waals surface area contributed by atoms with Crippen LogP contribution in [-0.2, 0) is 7.05 Å². The number of rotatable bonds is 5. The molecule has 3 heterocycles. The molecule has 9 heteroatoms. The number of imidazole rings is 1. The van der Waals surface area contributed by atoms with Gasteiger partial charge in [0.2, 0.25) is 5.95 Å². The molecule has 1 saturated carbocycles. The molecule has 3 aromatic heterocycles. The molecule has 32 heavy (non-hydrogen) atoms. The van der Waals surface area contributed by atoms with Gasteiger partial charge in [0, 0.05) is 24.8 Å². The van der Waals surface area contributed by atoms with E-state index in [1.165, 1.54) is 0 Å². The van der Waals surface area contributed by atoms with Crippen LogP contribution in [-0.4, -0.2) is 40.9 Å². The first-order valence-corrected chi connectivity index (χ1v) is 11.1. The first-order chi connectivity index (χ1) is 15.4. The lowest BCUT2D eigenvalue weighted by atomic mass is 9.84. The predicted octanol–water partition coefficient (Wildman–Crippen LogP) is 4.63. The first kappa shape index (κ1) is 20.8. The summed E-state index contributed by atoms with van der Waals surface area (Å²) in [5.41, 5.74) is 3.04. The molecule has 4 aromatic rings. The van der Waals surface area contributed by atoms with Gasteiger partial charge < -0.3 is 20.3 Å². The summed E-state index contributed by atoms with van der Waals surface area (Å²) in [6, 6.07) is 10.0. The number of aromatic nitrogens is 5. The monoisotopic (exact) mass is 451 g/mol. The summed E-state index contributed by atoms with van der Waals surface area (Å²) in [5.74, 6) is 1.22. The molecule has 0 saturated heterocycles. The van der Waals surface area contributed by atoms with E-state index in [-0.39, 0.29) is 6.04 Å². The maximum Gasteiger partial charge on any atom is 0.247 e. The molecule has 0 amide bonds. The van der Waals surface area contributed by atoms with E-state index in [1.54, 1.807) is 10.8 Å². The van der Waals surface area contributed by atoms with E-state index in [0.717, 1.165) is 54.0 Å². The number of benzene rings is 1. The van der Waals surface area contributed by atoms with Crippen LogP contribution in [0.2, 0.25) is 5.02 Å². The average Bonchev–Trinajstić information content (AvgIpc) is 3.40. The SMILES string of the molecule is Cn1cncc1-c1ccc(Nc2nc(N[C@H]3CC[C@](C)(O)CC3)c3cccn3n2)c(Cl)c1. The van der Waals surface area contributed by atoms with E-state index in [0.29, 0.717) is 11.0 Å². The van der Waals surface area contributed by atoms with Gasteiger partial charge in [0.05, 0.1) is 34.5 Å². The van der Waals surface area contributed by atoms with Crippen molar-refractivity contribution in [3.63, 3.8) is 0 Å². The van der Waals surface area contributed by atoms with E-state index in [2.05, 4.69) is 20.7 Å². The first-order valence-electron chi connectivity index (χ1n) is 10.8. The van der Waals surface area contributed by atoms with Crippen molar-refractivity contribution in [3.8, 4) is 11.3 Å². The highest BCUT2D eigenvalue weighted by Gasteiger charge is 2.29. The van der Waals surface area contributed by atoms with Crippen molar-refractivity contribution in [1.29, 1.82) is 0 Å². The van der Waals surface area contributed by atoms with Gasteiger partial charge in [-0.25, -0.2) is 9.50 Å². The van der Waals surface area contributed by atoms with Crippen LogP contribution in [0.3, 0.4) is 0 Å². The third-order valence-corrected chi connectivity index (χ3v) is 6.44. The van der Waals surface area contributed by atoms with Crippen molar-refractivity contribution in [2.24, 2.45) is 7.05 Å². The molecule has 5 rings (SSSR count). The Morgan fingerprint density at radius 2 is 2.03 bits per heavy atom. The Hall–Kier alpha value is -3.10. The Labute approximate surface area is 191 Å². The van der Waals surface area contributed by atoms with Crippen molar-refractivity contribution in [1.82, 2.24) is 24.1 Å². The Balaban J connectivity index is 1.40. The molecule has 0 bridgehead atoms. The Bertz CT molecular complexity index is 1250. The molecule has 1 aromatic carbocycles. The number of halogens is 1. The van der Waals surface area contributed by atoms with Gasteiger partial charge in [-0.3, -0.25) is 0 Å². The van der Waals surface area contributed by atoms with Crippen LogP contribution in [0, 0.1) is 0 Å². The van der Waals surface area contributed by atoms with Gasteiger partial charge in [-0.15, -0.1) is 5.10 Å². The molecule has 0 unspecified atom stereocenters. The third kappa shape index (κ3) is 4.16. The molecule has 1 aliphatic rings. The fraction of sp³-hybridized carbons (Fsp3) is 0.348. The van der Waals surface area contributed by atoms with Gasteiger partial charge in [-0.1, -0.05) is 17.7 Å². The lowest BCUT2D eigenvalue weighted by Crippen LogP contribution is -2.36. The zero-order chi connectivity index (χ0) is 22.3. The fourth-order valence-corrected chi connectivity index (χ4v) is 4.43. The second kappa shape index (κ2) is 8.11. The van der Waals surface area contributed by atoms with Gasteiger partial charge in [0.1, 0.15) is 5.52 Å². The minimum atomic E-state index is -0.570. The molecule has 0 atom stereocenters. The van der Waals surface area contributed by atoms with Crippen molar-refractivity contribution in [3.05, 3.63) is 54.1 Å². The molecule has 8 nitrogen and oxygen atoms in total. The second-order valence-electron chi connectivity index (χ2n) is 8.75. The Morgan fingerprint density at radius 1 is 1.22 bits per heavy atom. The van der Waals surface area contributed by atoms with E-state index < -0.39 is 5.60 Å². The van der Waals surface area contributed by atoms with Crippen LogP contribution in [0.25, 0.3) is 16.8 Å². The summed E-state index contributed by atoms with van der Waals surface area (Å²) < 4.78 is 3.75. The lowest BCUT2D eigenvalue weighted by molar-refractivity contribution is 0.0196. The number of nitrogens with one attached hydrogen (secondary N) is 2. The number of aliphatic hydroxyl groups is 1. The molecule has 0 radical (unpaired) electrons. The molecule has 166 valence electrons. The molecule has 0 spiro atoms. The number of hydrogen-bond donors (Lipinski definition) is 3. The Morgan fingerprint density at radius 3 is 2.75 bits per heavy atom. The van der Waals surface area contributed by atoms with E-state index in [1.807, 2.05) is 61.3 Å². The van der Waals surface area contributed by atoms with E-state index >= 15 is 0 Å². The fourth-order valence-electron chi connectivity index (χ4n) is 4.20. The molecule has 0 aliphatic heterocycles. The van der Waals surface area contributed by atoms with Gasteiger partial charge >= 0.3 is 0 Å². The number of anilines is 3.